The summed E-state index contributed by atoms with van der Waals surface area (Å²) in [5.74, 6) is -1.28. The highest BCUT2D eigenvalue weighted by Gasteiger charge is 2.26. The number of amides is 1. The molecule has 1 saturated heterocycles. The Labute approximate surface area is 207 Å². The van der Waals surface area contributed by atoms with E-state index < -0.39 is 5.97 Å². The van der Waals surface area contributed by atoms with Crippen LogP contribution in [0, 0.1) is 11.6 Å². The molecule has 0 atom stereocenters. The quantitative estimate of drug-likeness (QED) is 0.378. The lowest BCUT2D eigenvalue weighted by Gasteiger charge is -2.36. The zero-order valence-corrected chi connectivity index (χ0v) is 19.9. The number of benzene rings is 2. The van der Waals surface area contributed by atoms with Gasteiger partial charge in [-0.2, -0.15) is 0 Å². The van der Waals surface area contributed by atoms with Crippen molar-refractivity contribution in [3.63, 3.8) is 0 Å². The Hall–Kier alpha value is -4.14. The molecular formula is C27H26F2N4O3. The number of carbonyl (C=O) groups excluding carboxylic acids is 2. The van der Waals surface area contributed by atoms with Crippen molar-refractivity contribution >= 4 is 28.6 Å². The van der Waals surface area contributed by atoms with Gasteiger partial charge in [0.05, 0.1) is 23.3 Å². The van der Waals surface area contributed by atoms with E-state index in [9.17, 15) is 18.4 Å². The van der Waals surface area contributed by atoms with Gasteiger partial charge in [0.25, 0.3) is 0 Å². The minimum Gasteiger partial charge on any atom is -0.461 e. The molecule has 186 valence electrons. The van der Waals surface area contributed by atoms with E-state index in [1.807, 2.05) is 21.7 Å². The Morgan fingerprint density at radius 2 is 1.64 bits per heavy atom. The third-order valence-electron chi connectivity index (χ3n) is 6.47. The maximum absolute atomic E-state index is 14.2. The summed E-state index contributed by atoms with van der Waals surface area (Å²) in [5, 5.41) is 0. The third-order valence-corrected chi connectivity index (χ3v) is 6.47. The minimum atomic E-state index is -0.517. The molecule has 2 aromatic heterocycles. The van der Waals surface area contributed by atoms with E-state index in [1.165, 1.54) is 18.2 Å². The van der Waals surface area contributed by atoms with Crippen LogP contribution in [0.5, 0.6) is 0 Å². The van der Waals surface area contributed by atoms with Gasteiger partial charge < -0.3 is 23.7 Å². The van der Waals surface area contributed by atoms with Crippen LogP contribution < -0.4 is 4.90 Å². The van der Waals surface area contributed by atoms with Crippen LogP contribution in [0.4, 0.5) is 14.5 Å². The number of aromatic nitrogens is 2. The third kappa shape index (κ3) is 4.44. The molecule has 9 heteroatoms. The van der Waals surface area contributed by atoms with Crippen molar-refractivity contribution in [3.8, 4) is 5.69 Å². The molecule has 1 aliphatic heterocycles. The largest absolute Gasteiger partial charge is 0.461 e. The average molecular weight is 493 g/mol. The summed E-state index contributed by atoms with van der Waals surface area (Å²) < 4.78 is 36.3. The van der Waals surface area contributed by atoms with Gasteiger partial charge in [0.2, 0.25) is 5.91 Å². The molecule has 5 rings (SSSR count). The van der Waals surface area contributed by atoms with Gasteiger partial charge in [-0.05, 0) is 55.5 Å². The number of nitrogens with zero attached hydrogens (tertiary/aromatic N) is 4. The lowest BCUT2D eigenvalue weighted by molar-refractivity contribution is -0.132. The first-order valence-corrected chi connectivity index (χ1v) is 11.9. The lowest BCUT2D eigenvalue weighted by atomic mass is 10.2. The minimum absolute atomic E-state index is 0.0369. The number of fused-ring (bicyclic) bond motifs is 1. The molecule has 0 radical (unpaired) electrons. The van der Waals surface area contributed by atoms with E-state index in [0.29, 0.717) is 42.9 Å². The molecule has 0 aliphatic carbocycles. The zero-order valence-electron chi connectivity index (χ0n) is 19.9. The molecule has 1 amide bonds. The van der Waals surface area contributed by atoms with Gasteiger partial charge >= 0.3 is 5.97 Å². The molecule has 0 N–H and O–H groups in total. The standard InChI is InChI=1S/C27H26F2N4O3/c1-2-36-27(35)25-17-24-23(11-12-32(24)20-9-7-19(28)8-10-20)33(25)18-26(34)31-15-13-30(14-16-31)22-6-4-3-5-21(22)29/h3-12,17H,2,13-16,18H2,1H3. The van der Waals surface area contributed by atoms with Crippen LogP contribution in [-0.4, -0.2) is 58.7 Å². The van der Waals surface area contributed by atoms with Gasteiger partial charge in [0.15, 0.2) is 0 Å². The van der Waals surface area contributed by atoms with Crippen molar-refractivity contribution in [1.82, 2.24) is 14.0 Å². The predicted molar refractivity (Wildman–Crippen MR) is 132 cm³/mol. The van der Waals surface area contributed by atoms with Crippen LogP contribution in [0.3, 0.4) is 0 Å². The van der Waals surface area contributed by atoms with E-state index in [1.54, 1.807) is 52.8 Å². The van der Waals surface area contributed by atoms with Crippen LogP contribution in [-0.2, 0) is 16.1 Å². The molecule has 0 spiro atoms. The smallest absolute Gasteiger partial charge is 0.355 e. The summed E-state index contributed by atoms with van der Waals surface area (Å²) in [5.41, 5.74) is 2.94. The van der Waals surface area contributed by atoms with E-state index >= 15 is 0 Å². The van der Waals surface area contributed by atoms with Gasteiger partial charge in [-0.15, -0.1) is 0 Å². The first-order valence-electron chi connectivity index (χ1n) is 11.9. The molecule has 1 aliphatic rings. The topological polar surface area (TPSA) is 59.7 Å². The van der Waals surface area contributed by atoms with Crippen LogP contribution in [0.2, 0.25) is 0 Å². The van der Waals surface area contributed by atoms with E-state index in [4.69, 9.17) is 4.74 Å². The summed E-state index contributed by atoms with van der Waals surface area (Å²) >= 11 is 0. The van der Waals surface area contributed by atoms with Crippen LogP contribution >= 0.6 is 0 Å². The summed E-state index contributed by atoms with van der Waals surface area (Å²) in [6.07, 6.45) is 1.82. The van der Waals surface area contributed by atoms with Gasteiger partial charge in [0, 0.05) is 38.1 Å². The second-order valence-corrected chi connectivity index (χ2v) is 8.59. The Kier molecular flexibility index (Phi) is 6.45. The van der Waals surface area contributed by atoms with E-state index in [-0.39, 0.29) is 36.4 Å². The molecule has 0 bridgehead atoms. The van der Waals surface area contributed by atoms with Crippen LogP contribution in [0.1, 0.15) is 17.4 Å². The Bertz CT molecular complexity index is 1400. The number of piperazine rings is 1. The lowest BCUT2D eigenvalue weighted by Crippen LogP contribution is -2.50. The molecule has 7 nitrogen and oxygen atoms in total. The second kappa shape index (κ2) is 9.85. The molecule has 36 heavy (non-hydrogen) atoms. The van der Waals surface area contributed by atoms with Crippen molar-refractivity contribution in [2.24, 2.45) is 0 Å². The van der Waals surface area contributed by atoms with Crippen molar-refractivity contribution in [2.45, 2.75) is 13.5 Å². The second-order valence-electron chi connectivity index (χ2n) is 8.59. The zero-order chi connectivity index (χ0) is 25.2. The van der Waals surface area contributed by atoms with Gasteiger partial charge in [-0.25, -0.2) is 13.6 Å². The monoisotopic (exact) mass is 492 g/mol. The molecule has 2 aromatic carbocycles. The molecular weight excluding hydrogens is 466 g/mol. The van der Waals surface area contributed by atoms with Crippen molar-refractivity contribution in [2.75, 3.05) is 37.7 Å². The number of hydrogen-bond acceptors (Lipinski definition) is 4. The number of anilines is 1. The van der Waals surface area contributed by atoms with Crippen molar-refractivity contribution < 1.29 is 23.1 Å². The fraction of sp³-hybridized carbons (Fsp3) is 0.259. The molecule has 4 aromatic rings. The number of para-hydroxylation sites is 1. The highest BCUT2D eigenvalue weighted by molar-refractivity contribution is 5.96. The number of halogens is 2. The first kappa shape index (κ1) is 23.6. The Morgan fingerprint density at radius 3 is 2.33 bits per heavy atom. The number of hydrogen-bond donors (Lipinski definition) is 0. The maximum atomic E-state index is 14.2. The fourth-order valence-electron chi connectivity index (χ4n) is 4.65. The summed E-state index contributed by atoms with van der Waals surface area (Å²) in [6, 6.07) is 16.2. The average Bonchev–Trinajstić information content (AvgIpc) is 3.45. The van der Waals surface area contributed by atoms with Crippen LogP contribution in [0.25, 0.3) is 16.7 Å². The maximum Gasteiger partial charge on any atom is 0.355 e. The summed E-state index contributed by atoms with van der Waals surface area (Å²) in [7, 11) is 0. The summed E-state index contributed by atoms with van der Waals surface area (Å²) in [6.45, 7) is 3.82. The highest BCUT2D eigenvalue weighted by Crippen LogP contribution is 2.26. The molecule has 0 saturated carbocycles. The van der Waals surface area contributed by atoms with Gasteiger partial charge in [-0.1, -0.05) is 12.1 Å². The molecule has 0 unspecified atom stereocenters. The highest BCUT2D eigenvalue weighted by atomic mass is 19.1. The number of carbonyl (C=O) groups is 2. The van der Waals surface area contributed by atoms with Gasteiger partial charge in [-0.3, -0.25) is 4.79 Å². The molecule has 3 heterocycles. The normalized spacial score (nSPS) is 13.9. The predicted octanol–water partition coefficient (Wildman–Crippen LogP) is 4.24. The van der Waals surface area contributed by atoms with Gasteiger partial charge in [0.1, 0.15) is 23.9 Å². The van der Waals surface area contributed by atoms with E-state index in [2.05, 4.69) is 0 Å². The molecule has 1 fully saturated rings. The SMILES string of the molecule is CCOC(=O)c1cc2c(ccn2-c2ccc(F)cc2)n1CC(=O)N1CCN(c2ccccc2F)CC1. The number of esters is 1. The Morgan fingerprint density at radius 1 is 0.917 bits per heavy atom. The van der Waals surface area contributed by atoms with Crippen molar-refractivity contribution in [3.05, 3.63) is 84.2 Å². The van der Waals surface area contributed by atoms with E-state index in [0.717, 1.165) is 5.69 Å². The summed E-state index contributed by atoms with van der Waals surface area (Å²) in [4.78, 5) is 29.7. The first-order chi connectivity index (χ1) is 17.5. The van der Waals surface area contributed by atoms with Crippen molar-refractivity contribution in [1.29, 1.82) is 0 Å². The number of ether oxygens (including phenoxy) is 1. The number of rotatable bonds is 6. The fourth-order valence-corrected chi connectivity index (χ4v) is 4.65. The van der Waals surface area contributed by atoms with Crippen LogP contribution in [0.15, 0.2) is 66.9 Å². The Balaban J connectivity index is 1.39.